The first-order valence-electron chi connectivity index (χ1n) is 8.68. The fourth-order valence-electron chi connectivity index (χ4n) is 3.71. The number of amidine groups is 1. The van der Waals surface area contributed by atoms with Gasteiger partial charge < -0.3 is 15.0 Å². The van der Waals surface area contributed by atoms with Crippen molar-refractivity contribution in [2.24, 2.45) is 10.4 Å². The van der Waals surface area contributed by atoms with Crippen LogP contribution in [0.5, 0.6) is 0 Å². The SMILES string of the molecule is CCC1=N[C@@H](C)C(C(C)(C)C)=C2C[C@@H](NC(=O)OC(C)C)CN12. The van der Waals surface area contributed by atoms with Crippen molar-refractivity contribution >= 4 is 11.9 Å². The number of hydrogen-bond donors (Lipinski definition) is 1. The largest absolute Gasteiger partial charge is 0.447 e. The first-order valence-corrected chi connectivity index (χ1v) is 8.68. The van der Waals surface area contributed by atoms with Gasteiger partial charge in [-0.15, -0.1) is 0 Å². The number of carbonyl (C=O) groups is 1. The van der Waals surface area contributed by atoms with Crippen LogP contribution in [0.2, 0.25) is 0 Å². The second kappa shape index (κ2) is 6.54. The van der Waals surface area contributed by atoms with Gasteiger partial charge in [0.2, 0.25) is 0 Å². The van der Waals surface area contributed by atoms with Gasteiger partial charge in [0.1, 0.15) is 5.84 Å². The zero-order valence-electron chi connectivity index (χ0n) is 15.6. The van der Waals surface area contributed by atoms with Crippen molar-refractivity contribution in [3.05, 3.63) is 11.3 Å². The quantitative estimate of drug-likeness (QED) is 0.862. The zero-order valence-corrected chi connectivity index (χ0v) is 15.6. The second-order valence-electron chi connectivity index (χ2n) is 7.80. The van der Waals surface area contributed by atoms with Crippen LogP contribution in [0.4, 0.5) is 4.79 Å². The molecule has 1 fully saturated rings. The maximum atomic E-state index is 11.9. The van der Waals surface area contributed by atoms with Crippen LogP contribution in [0.15, 0.2) is 16.3 Å². The van der Waals surface area contributed by atoms with E-state index in [0.717, 1.165) is 25.2 Å². The highest BCUT2D eigenvalue weighted by atomic mass is 16.6. The minimum Gasteiger partial charge on any atom is -0.447 e. The number of nitrogens with one attached hydrogen (secondary N) is 1. The maximum Gasteiger partial charge on any atom is 0.407 e. The predicted octanol–water partition coefficient (Wildman–Crippen LogP) is 3.71. The molecule has 130 valence electrons. The number of carbonyl (C=O) groups excluding carboxylic acids is 1. The monoisotopic (exact) mass is 321 g/mol. The lowest BCUT2D eigenvalue weighted by Crippen LogP contribution is -2.40. The van der Waals surface area contributed by atoms with E-state index >= 15 is 0 Å². The topological polar surface area (TPSA) is 53.9 Å². The number of aliphatic imine (C=N–C) groups is 1. The molecule has 0 spiro atoms. The van der Waals surface area contributed by atoms with Crippen molar-refractivity contribution in [2.45, 2.75) is 79.5 Å². The molecule has 0 aromatic carbocycles. The lowest BCUT2D eigenvalue weighted by atomic mass is 9.80. The molecule has 2 heterocycles. The van der Waals surface area contributed by atoms with Gasteiger partial charge in [-0.1, -0.05) is 27.7 Å². The summed E-state index contributed by atoms with van der Waals surface area (Å²) in [5.74, 6) is 1.13. The van der Waals surface area contributed by atoms with Gasteiger partial charge in [-0.05, 0) is 31.8 Å². The molecule has 2 aliphatic heterocycles. The Bertz CT molecular complexity index is 529. The summed E-state index contributed by atoms with van der Waals surface area (Å²) in [5.41, 5.74) is 2.80. The Kier molecular flexibility index (Phi) is 5.07. The van der Waals surface area contributed by atoms with E-state index in [2.05, 4.69) is 44.8 Å². The standard InChI is InChI=1S/C18H31N3O2/c1-8-15-19-12(4)16(18(5,6)7)14-9-13(10-21(14)15)20-17(22)23-11(2)3/h11-13H,8-10H2,1-7H3,(H,20,22)/t12-,13+/m0/s1. The minimum atomic E-state index is -0.328. The van der Waals surface area contributed by atoms with E-state index in [9.17, 15) is 4.79 Å². The van der Waals surface area contributed by atoms with E-state index < -0.39 is 0 Å². The highest BCUT2D eigenvalue weighted by Gasteiger charge is 2.39. The number of hydrogen-bond acceptors (Lipinski definition) is 4. The summed E-state index contributed by atoms with van der Waals surface area (Å²) in [6, 6.07) is 0.285. The van der Waals surface area contributed by atoms with Crippen molar-refractivity contribution in [1.82, 2.24) is 10.2 Å². The molecule has 0 radical (unpaired) electrons. The van der Waals surface area contributed by atoms with Crippen LogP contribution in [-0.4, -0.2) is 41.6 Å². The van der Waals surface area contributed by atoms with Gasteiger partial charge >= 0.3 is 6.09 Å². The van der Waals surface area contributed by atoms with Gasteiger partial charge in [-0.2, -0.15) is 0 Å². The number of alkyl carbamates (subject to hydrolysis) is 1. The number of amides is 1. The summed E-state index contributed by atoms with van der Waals surface area (Å²) in [6.45, 7) is 15.5. The molecule has 1 amide bonds. The number of ether oxygens (including phenoxy) is 1. The first-order chi connectivity index (χ1) is 10.6. The molecule has 2 aliphatic rings. The Morgan fingerprint density at radius 3 is 2.61 bits per heavy atom. The van der Waals surface area contributed by atoms with E-state index in [4.69, 9.17) is 9.73 Å². The van der Waals surface area contributed by atoms with Crippen molar-refractivity contribution in [2.75, 3.05) is 6.54 Å². The molecule has 23 heavy (non-hydrogen) atoms. The molecular formula is C18H31N3O2. The lowest BCUT2D eigenvalue weighted by Gasteiger charge is -2.37. The number of nitrogens with zero attached hydrogens (tertiary/aromatic N) is 2. The molecule has 0 unspecified atom stereocenters. The molecule has 0 aromatic rings. The molecule has 0 saturated carbocycles. The van der Waals surface area contributed by atoms with Crippen molar-refractivity contribution in [3.8, 4) is 0 Å². The maximum absolute atomic E-state index is 11.9. The molecule has 1 N–H and O–H groups in total. The van der Waals surface area contributed by atoms with E-state index in [0.29, 0.717) is 0 Å². The highest BCUT2D eigenvalue weighted by molar-refractivity contribution is 5.86. The third kappa shape index (κ3) is 3.88. The predicted molar refractivity (Wildman–Crippen MR) is 93.5 cm³/mol. The van der Waals surface area contributed by atoms with Gasteiger partial charge in [-0.25, -0.2) is 4.79 Å². The van der Waals surface area contributed by atoms with Crippen LogP contribution < -0.4 is 5.32 Å². The third-order valence-corrected chi connectivity index (χ3v) is 4.34. The average Bonchev–Trinajstić information content (AvgIpc) is 2.77. The number of fused-ring (bicyclic) bond motifs is 1. The van der Waals surface area contributed by atoms with Gasteiger partial charge in [0.25, 0.3) is 0 Å². The number of rotatable bonds is 3. The molecule has 0 aromatic heterocycles. The molecular weight excluding hydrogens is 290 g/mol. The van der Waals surface area contributed by atoms with E-state index in [-0.39, 0.29) is 29.7 Å². The van der Waals surface area contributed by atoms with Crippen molar-refractivity contribution < 1.29 is 9.53 Å². The normalized spacial score (nSPS) is 24.7. The fourth-order valence-corrected chi connectivity index (χ4v) is 3.71. The van der Waals surface area contributed by atoms with Crippen LogP contribution in [0.3, 0.4) is 0 Å². The highest BCUT2D eigenvalue weighted by Crippen LogP contribution is 2.40. The Labute approximate surface area is 140 Å². The van der Waals surface area contributed by atoms with Gasteiger partial charge in [0.05, 0.1) is 18.2 Å². The van der Waals surface area contributed by atoms with Crippen LogP contribution in [-0.2, 0) is 4.74 Å². The Hall–Kier alpha value is -1.52. The van der Waals surface area contributed by atoms with Crippen LogP contribution >= 0.6 is 0 Å². The minimum absolute atomic E-state index is 0.0725. The van der Waals surface area contributed by atoms with Gasteiger partial charge in [0.15, 0.2) is 0 Å². The molecule has 0 bridgehead atoms. The molecule has 2 rings (SSSR count). The summed E-state index contributed by atoms with van der Waals surface area (Å²) in [4.78, 5) is 19.1. The smallest absolute Gasteiger partial charge is 0.407 e. The molecule has 0 aliphatic carbocycles. The summed E-state index contributed by atoms with van der Waals surface area (Å²) < 4.78 is 5.22. The third-order valence-electron chi connectivity index (χ3n) is 4.34. The van der Waals surface area contributed by atoms with Crippen LogP contribution in [0, 0.1) is 5.41 Å². The summed E-state index contributed by atoms with van der Waals surface area (Å²) >= 11 is 0. The van der Waals surface area contributed by atoms with Crippen LogP contribution in [0.25, 0.3) is 0 Å². The Morgan fingerprint density at radius 1 is 1.43 bits per heavy atom. The van der Waals surface area contributed by atoms with Crippen molar-refractivity contribution in [3.63, 3.8) is 0 Å². The zero-order chi connectivity index (χ0) is 17.4. The molecule has 5 heteroatoms. The molecule has 1 saturated heterocycles. The fraction of sp³-hybridized carbons (Fsp3) is 0.778. The van der Waals surface area contributed by atoms with E-state index in [1.54, 1.807) is 0 Å². The van der Waals surface area contributed by atoms with Crippen LogP contribution in [0.1, 0.15) is 61.3 Å². The Morgan fingerprint density at radius 2 is 2.09 bits per heavy atom. The lowest BCUT2D eigenvalue weighted by molar-refractivity contribution is 0.112. The first kappa shape index (κ1) is 17.8. The van der Waals surface area contributed by atoms with Gasteiger partial charge in [0, 0.05) is 25.1 Å². The molecule has 2 atom stereocenters. The van der Waals surface area contributed by atoms with Crippen molar-refractivity contribution in [1.29, 1.82) is 0 Å². The Balaban J connectivity index is 2.23. The van der Waals surface area contributed by atoms with E-state index in [1.807, 2.05) is 13.8 Å². The molecule has 5 nitrogen and oxygen atoms in total. The van der Waals surface area contributed by atoms with E-state index in [1.165, 1.54) is 11.3 Å². The summed E-state index contributed by atoms with van der Waals surface area (Å²) in [5, 5.41) is 3.01. The summed E-state index contributed by atoms with van der Waals surface area (Å²) in [7, 11) is 0. The van der Waals surface area contributed by atoms with Gasteiger partial charge in [-0.3, -0.25) is 4.99 Å². The average molecular weight is 321 g/mol. The summed E-state index contributed by atoms with van der Waals surface area (Å²) in [6.07, 6.45) is 1.33. The second-order valence-corrected chi connectivity index (χ2v) is 7.80.